The van der Waals surface area contributed by atoms with Gasteiger partial charge in [0.2, 0.25) is 0 Å². The van der Waals surface area contributed by atoms with E-state index in [0.29, 0.717) is 23.3 Å². The molecule has 3 N–H and O–H groups in total. The van der Waals surface area contributed by atoms with Crippen LogP contribution in [0.5, 0.6) is 0 Å². The molecule has 4 rings (SSSR count). The first kappa shape index (κ1) is 21.1. The molecule has 11 nitrogen and oxygen atoms in total. The highest BCUT2D eigenvalue weighted by Gasteiger charge is 2.46. The molecule has 0 radical (unpaired) electrons. The van der Waals surface area contributed by atoms with Gasteiger partial charge < -0.3 is 29.8 Å². The van der Waals surface area contributed by atoms with Crippen molar-refractivity contribution in [3.05, 3.63) is 48.5 Å². The Balaban J connectivity index is 1.53. The fourth-order valence-corrected chi connectivity index (χ4v) is 3.40. The number of hydrogen-bond donors (Lipinski definition) is 2. The smallest absolute Gasteiger partial charge is 0.338 e. The number of nitrogens with two attached hydrogens (primary N) is 1. The van der Waals surface area contributed by atoms with Gasteiger partial charge in [0.15, 0.2) is 17.7 Å². The van der Waals surface area contributed by atoms with E-state index in [9.17, 15) is 9.90 Å². The second kappa shape index (κ2) is 9.35. The van der Waals surface area contributed by atoms with Crippen molar-refractivity contribution < 1.29 is 28.8 Å². The van der Waals surface area contributed by atoms with E-state index < -0.39 is 30.5 Å². The Morgan fingerprint density at radius 3 is 2.81 bits per heavy atom. The highest BCUT2D eigenvalue weighted by atomic mass is 16.6. The number of aromatic nitrogens is 4. The van der Waals surface area contributed by atoms with Crippen LogP contribution in [0.25, 0.3) is 11.2 Å². The molecule has 1 aliphatic heterocycles. The summed E-state index contributed by atoms with van der Waals surface area (Å²) in [6, 6.07) is 8.58. The summed E-state index contributed by atoms with van der Waals surface area (Å²) in [4.78, 5) is 24.7. The quantitative estimate of drug-likeness (QED) is 0.385. The Kier molecular flexibility index (Phi) is 6.37. The third kappa shape index (κ3) is 4.35. The standard InChI is InChI=1S/C20H23N5O6/c1-28-7-8-29-16-15(26)13(9-30-20(27)12-5-3-2-4-6-12)31-19(16)25-11-24-14-17(21)22-10-23-18(14)25/h2-6,10-11,13,15-16,19,26H,7-9H2,1H3,(H2,21,22,23)/t13-,15-,16-,19-/m1/s1. The van der Waals surface area contributed by atoms with Crippen molar-refractivity contribution in [2.24, 2.45) is 0 Å². The highest BCUT2D eigenvalue weighted by Crippen LogP contribution is 2.34. The van der Waals surface area contributed by atoms with Gasteiger partial charge in [-0.25, -0.2) is 19.7 Å². The number of benzene rings is 1. The van der Waals surface area contributed by atoms with Gasteiger partial charge in [-0.05, 0) is 12.1 Å². The van der Waals surface area contributed by atoms with E-state index in [1.165, 1.54) is 12.7 Å². The maximum absolute atomic E-state index is 12.3. The average molecular weight is 429 g/mol. The van der Waals surface area contributed by atoms with Crippen LogP contribution in [0.2, 0.25) is 0 Å². The largest absolute Gasteiger partial charge is 0.459 e. The van der Waals surface area contributed by atoms with Crippen LogP contribution in [0.4, 0.5) is 5.82 Å². The van der Waals surface area contributed by atoms with Gasteiger partial charge >= 0.3 is 5.97 Å². The van der Waals surface area contributed by atoms with Gasteiger partial charge in [-0.2, -0.15) is 0 Å². The van der Waals surface area contributed by atoms with Crippen LogP contribution in [0.3, 0.4) is 0 Å². The molecule has 0 unspecified atom stereocenters. The number of ether oxygens (including phenoxy) is 4. The second-order valence-corrected chi connectivity index (χ2v) is 6.93. The summed E-state index contributed by atoms with van der Waals surface area (Å²) >= 11 is 0. The summed E-state index contributed by atoms with van der Waals surface area (Å²) in [5.74, 6) is -0.280. The number of nitrogen functional groups attached to an aromatic ring is 1. The van der Waals surface area contributed by atoms with E-state index in [4.69, 9.17) is 24.7 Å². The van der Waals surface area contributed by atoms with Gasteiger partial charge in [0, 0.05) is 7.11 Å². The molecule has 0 amide bonds. The maximum Gasteiger partial charge on any atom is 0.338 e. The molecule has 1 fully saturated rings. The van der Waals surface area contributed by atoms with Crippen LogP contribution in [0.15, 0.2) is 43.0 Å². The zero-order valence-corrected chi connectivity index (χ0v) is 16.8. The Labute approximate surface area is 177 Å². The molecular weight excluding hydrogens is 406 g/mol. The number of aliphatic hydroxyl groups excluding tert-OH is 1. The molecule has 11 heteroatoms. The molecular formula is C20H23N5O6. The summed E-state index contributed by atoms with van der Waals surface area (Å²) in [6.07, 6.45) is -0.612. The van der Waals surface area contributed by atoms with Gasteiger partial charge in [0.05, 0.1) is 25.1 Å². The molecule has 1 aromatic carbocycles. The van der Waals surface area contributed by atoms with E-state index >= 15 is 0 Å². The van der Waals surface area contributed by atoms with Crippen LogP contribution in [0, 0.1) is 0 Å². The first-order valence-corrected chi connectivity index (χ1v) is 9.69. The summed E-state index contributed by atoms with van der Waals surface area (Å²) in [5.41, 5.74) is 7.13. The van der Waals surface area contributed by atoms with Gasteiger partial charge in [0.1, 0.15) is 36.8 Å². The van der Waals surface area contributed by atoms with Crippen molar-refractivity contribution in [2.45, 2.75) is 24.5 Å². The molecule has 1 saturated heterocycles. The topological polar surface area (TPSA) is 144 Å². The monoisotopic (exact) mass is 429 g/mol. The normalized spacial score (nSPS) is 23.3. The van der Waals surface area contributed by atoms with Crippen LogP contribution in [-0.2, 0) is 18.9 Å². The van der Waals surface area contributed by atoms with Gasteiger partial charge in [0.25, 0.3) is 0 Å². The van der Waals surface area contributed by atoms with Gasteiger partial charge in [-0.3, -0.25) is 4.57 Å². The van der Waals surface area contributed by atoms with Crippen molar-refractivity contribution in [3.8, 4) is 0 Å². The first-order valence-electron chi connectivity index (χ1n) is 9.69. The Morgan fingerprint density at radius 1 is 1.23 bits per heavy atom. The zero-order chi connectivity index (χ0) is 21.8. The SMILES string of the molecule is COCCO[C@@H]1[C@H](O)[C@@H](COC(=O)c2ccccc2)O[C@H]1n1cnc2c(N)ncnc21. The number of carbonyl (C=O) groups excluding carboxylic acids is 1. The van der Waals surface area contributed by atoms with E-state index in [-0.39, 0.29) is 19.0 Å². The molecule has 0 spiro atoms. The number of imidazole rings is 1. The molecule has 31 heavy (non-hydrogen) atoms. The van der Waals surface area contributed by atoms with E-state index in [0.717, 1.165) is 0 Å². The number of rotatable bonds is 8. The lowest BCUT2D eigenvalue weighted by molar-refractivity contribution is -0.0792. The van der Waals surface area contributed by atoms with Gasteiger partial charge in [-0.15, -0.1) is 0 Å². The molecule has 1 aliphatic rings. The maximum atomic E-state index is 12.3. The van der Waals surface area contributed by atoms with E-state index in [1.54, 1.807) is 42.0 Å². The minimum absolute atomic E-state index is 0.153. The Morgan fingerprint density at radius 2 is 2.03 bits per heavy atom. The average Bonchev–Trinajstić information content (AvgIpc) is 3.35. The number of aliphatic hydroxyl groups is 1. The number of esters is 1. The molecule has 3 heterocycles. The molecule has 164 valence electrons. The van der Waals surface area contributed by atoms with E-state index in [1.807, 2.05) is 0 Å². The number of methoxy groups -OCH3 is 1. The van der Waals surface area contributed by atoms with Crippen molar-refractivity contribution in [2.75, 3.05) is 32.7 Å². The summed E-state index contributed by atoms with van der Waals surface area (Å²) in [6.45, 7) is 0.418. The predicted octanol–water partition coefficient (Wildman–Crippen LogP) is 0.555. The number of hydrogen-bond acceptors (Lipinski definition) is 10. The Bertz CT molecular complexity index is 1030. The molecule has 0 bridgehead atoms. The third-order valence-electron chi connectivity index (χ3n) is 4.96. The number of carbonyl (C=O) groups is 1. The fraction of sp³-hybridized carbons (Fsp3) is 0.400. The fourth-order valence-electron chi connectivity index (χ4n) is 3.40. The number of nitrogens with zero attached hydrogens (tertiary/aromatic N) is 4. The number of anilines is 1. The first-order chi connectivity index (χ1) is 15.1. The third-order valence-corrected chi connectivity index (χ3v) is 4.96. The second-order valence-electron chi connectivity index (χ2n) is 6.93. The van der Waals surface area contributed by atoms with E-state index in [2.05, 4.69) is 15.0 Å². The molecule has 4 atom stereocenters. The van der Waals surface area contributed by atoms with Crippen LogP contribution in [-0.4, -0.2) is 75.8 Å². The number of fused-ring (bicyclic) bond motifs is 1. The lowest BCUT2D eigenvalue weighted by atomic mass is 10.1. The van der Waals surface area contributed by atoms with Crippen LogP contribution >= 0.6 is 0 Å². The summed E-state index contributed by atoms with van der Waals surface area (Å²) < 4.78 is 23.9. The lowest BCUT2D eigenvalue weighted by Crippen LogP contribution is -2.37. The van der Waals surface area contributed by atoms with Gasteiger partial charge in [-0.1, -0.05) is 18.2 Å². The lowest BCUT2D eigenvalue weighted by Gasteiger charge is -2.21. The summed E-state index contributed by atoms with van der Waals surface area (Å²) in [5, 5.41) is 10.9. The van der Waals surface area contributed by atoms with Crippen molar-refractivity contribution >= 4 is 23.0 Å². The molecule has 3 aromatic rings. The minimum atomic E-state index is -1.07. The van der Waals surface area contributed by atoms with Crippen LogP contribution in [0.1, 0.15) is 16.6 Å². The molecule has 0 aliphatic carbocycles. The predicted molar refractivity (Wildman–Crippen MR) is 108 cm³/mol. The Hall–Kier alpha value is -3.12. The summed E-state index contributed by atoms with van der Waals surface area (Å²) in [7, 11) is 1.55. The molecule has 2 aromatic heterocycles. The minimum Gasteiger partial charge on any atom is -0.459 e. The van der Waals surface area contributed by atoms with Crippen LogP contribution < -0.4 is 5.73 Å². The van der Waals surface area contributed by atoms with Crippen molar-refractivity contribution in [3.63, 3.8) is 0 Å². The zero-order valence-electron chi connectivity index (χ0n) is 16.8. The van der Waals surface area contributed by atoms with Crippen molar-refractivity contribution in [1.82, 2.24) is 19.5 Å². The highest BCUT2D eigenvalue weighted by molar-refractivity contribution is 5.89. The van der Waals surface area contributed by atoms with Crippen molar-refractivity contribution in [1.29, 1.82) is 0 Å². The molecule has 0 saturated carbocycles.